The van der Waals surface area contributed by atoms with Crippen LogP contribution in [0.5, 0.6) is 0 Å². The Balaban J connectivity index is 2.07. The Hall–Kier alpha value is -1.45. The van der Waals surface area contributed by atoms with Gasteiger partial charge in [0.2, 0.25) is 0 Å². The molecule has 0 aromatic heterocycles. The number of hydrogen-bond donors (Lipinski definition) is 1. The highest BCUT2D eigenvalue weighted by Crippen LogP contribution is 2.19. The van der Waals surface area contributed by atoms with Crippen molar-refractivity contribution in [2.24, 2.45) is 5.73 Å². The molecular formula is C16H21FN2O2. The number of rotatable bonds is 4. The van der Waals surface area contributed by atoms with Gasteiger partial charge in [-0.15, -0.1) is 0 Å². The van der Waals surface area contributed by atoms with Gasteiger partial charge in [-0.1, -0.05) is 17.9 Å². The minimum atomic E-state index is -0.314. The maximum atomic E-state index is 13.6. The Labute approximate surface area is 125 Å². The van der Waals surface area contributed by atoms with E-state index < -0.39 is 0 Å². The van der Waals surface area contributed by atoms with Crippen molar-refractivity contribution in [3.63, 3.8) is 0 Å². The molecule has 4 nitrogen and oxygen atoms in total. The Morgan fingerprint density at radius 1 is 1.29 bits per heavy atom. The summed E-state index contributed by atoms with van der Waals surface area (Å²) in [4.78, 5) is 2.23. The Morgan fingerprint density at radius 3 is 2.52 bits per heavy atom. The number of hydrogen-bond acceptors (Lipinski definition) is 4. The van der Waals surface area contributed by atoms with Crippen molar-refractivity contribution in [2.75, 3.05) is 33.9 Å². The number of likely N-dealkylation sites (tertiary alicyclic amines) is 1. The van der Waals surface area contributed by atoms with Crippen LogP contribution < -0.4 is 5.73 Å². The van der Waals surface area contributed by atoms with Gasteiger partial charge in [0.25, 0.3) is 0 Å². The molecule has 5 heteroatoms. The van der Waals surface area contributed by atoms with Crippen molar-refractivity contribution < 1.29 is 13.9 Å². The zero-order valence-electron chi connectivity index (χ0n) is 12.4. The molecule has 2 unspecified atom stereocenters. The van der Waals surface area contributed by atoms with Gasteiger partial charge in [-0.2, -0.15) is 0 Å². The number of nitrogens with two attached hydrogens (primary N) is 1. The number of halogens is 1. The van der Waals surface area contributed by atoms with Gasteiger partial charge in [0.1, 0.15) is 5.82 Å². The highest BCUT2D eigenvalue weighted by atomic mass is 19.1. The molecule has 21 heavy (non-hydrogen) atoms. The van der Waals surface area contributed by atoms with Crippen molar-refractivity contribution in [3.8, 4) is 11.8 Å². The zero-order chi connectivity index (χ0) is 15.2. The van der Waals surface area contributed by atoms with E-state index >= 15 is 0 Å². The van der Waals surface area contributed by atoms with Gasteiger partial charge in [0.05, 0.1) is 24.3 Å². The fourth-order valence-electron chi connectivity index (χ4n) is 2.57. The average Bonchev–Trinajstić information content (AvgIpc) is 2.89. The summed E-state index contributed by atoms with van der Waals surface area (Å²) in [6.45, 7) is 2.55. The van der Waals surface area contributed by atoms with Crippen LogP contribution in [0.15, 0.2) is 18.2 Å². The molecule has 0 amide bonds. The molecule has 1 fully saturated rings. The molecule has 114 valence electrons. The second kappa shape index (κ2) is 7.53. The predicted molar refractivity (Wildman–Crippen MR) is 79.2 cm³/mol. The van der Waals surface area contributed by atoms with E-state index in [0.29, 0.717) is 5.56 Å². The third-order valence-corrected chi connectivity index (χ3v) is 3.66. The van der Waals surface area contributed by atoms with Gasteiger partial charge in [-0.3, -0.25) is 4.90 Å². The Morgan fingerprint density at radius 2 is 1.95 bits per heavy atom. The van der Waals surface area contributed by atoms with E-state index in [-0.39, 0.29) is 24.6 Å². The lowest BCUT2D eigenvalue weighted by Crippen LogP contribution is -2.27. The van der Waals surface area contributed by atoms with Gasteiger partial charge in [0, 0.05) is 33.9 Å². The first-order chi connectivity index (χ1) is 10.2. The smallest absolute Gasteiger partial charge is 0.138 e. The van der Waals surface area contributed by atoms with E-state index in [9.17, 15) is 4.39 Å². The third kappa shape index (κ3) is 4.02. The molecule has 0 bridgehead atoms. The van der Waals surface area contributed by atoms with Gasteiger partial charge >= 0.3 is 0 Å². The predicted octanol–water partition coefficient (Wildman–Crippen LogP) is 0.981. The lowest BCUT2D eigenvalue weighted by Gasteiger charge is -2.15. The molecule has 1 aliphatic rings. The summed E-state index contributed by atoms with van der Waals surface area (Å²) in [6, 6.07) is 5.01. The van der Waals surface area contributed by atoms with Crippen LogP contribution in [0.4, 0.5) is 4.39 Å². The van der Waals surface area contributed by atoms with E-state index in [1.807, 2.05) is 0 Å². The molecule has 1 saturated heterocycles. The second-order valence-corrected chi connectivity index (χ2v) is 5.06. The Bertz CT molecular complexity index is 527. The zero-order valence-corrected chi connectivity index (χ0v) is 12.4. The number of methoxy groups -OCH3 is 2. The second-order valence-electron chi connectivity index (χ2n) is 5.06. The lowest BCUT2D eigenvalue weighted by molar-refractivity contribution is -0.00461. The highest BCUT2D eigenvalue weighted by molar-refractivity contribution is 5.38. The molecule has 1 heterocycles. The quantitative estimate of drug-likeness (QED) is 0.841. The largest absolute Gasteiger partial charge is 0.377 e. The van der Waals surface area contributed by atoms with Gasteiger partial charge < -0.3 is 15.2 Å². The summed E-state index contributed by atoms with van der Waals surface area (Å²) in [5, 5.41) is 0. The SMILES string of the molecule is COC1CN(Cc2ccc(F)c(C#CCN)c2)CC1OC. The monoisotopic (exact) mass is 292 g/mol. The van der Waals surface area contributed by atoms with Crippen LogP contribution in [-0.4, -0.2) is 51.0 Å². The maximum absolute atomic E-state index is 13.6. The van der Waals surface area contributed by atoms with E-state index in [1.54, 1.807) is 26.4 Å². The minimum absolute atomic E-state index is 0.0759. The summed E-state index contributed by atoms with van der Waals surface area (Å²) in [5.74, 6) is 5.13. The van der Waals surface area contributed by atoms with E-state index in [4.69, 9.17) is 15.2 Å². The van der Waals surface area contributed by atoms with E-state index in [1.165, 1.54) is 6.07 Å². The average molecular weight is 292 g/mol. The number of ether oxygens (including phenoxy) is 2. The van der Waals surface area contributed by atoms with Crippen LogP contribution in [0.1, 0.15) is 11.1 Å². The topological polar surface area (TPSA) is 47.7 Å². The summed E-state index contributed by atoms with van der Waals surface area (Å²) in [6.07, 6.45) is 0.152. The fraction of sp³-hybridized carbons (Fsp3) is 0.500. The van der Waals surface area contributed by atoms with Crippen molar-refractivity contribution in [1.82, 2.24) is 4.90 Å². The summed E-state index contributed by atoms with van der Waals surface area (Å²) < 4.78 is 24.5. The molecule has 0 spiro atoms. The van der Waals surface area contributed by atoms with Crippen LogP contribution in [0.3, 0.4) is 0 Å². The highest BCUT2D eigenvalue weighted by Gasteiger charge is 2.32. The van der Waals surface area contributed by atoms with Crippen molar-refractivity contribution in [1.29, 1.82) is 0 Å². The standard InChI is InChI=1S/C16H21FN2O2/c1-20-15-10-19(11-16(15)21-2)9-12-5-6-14(17)13(8-12)4-3-7-18/h5-6,8,15-16H,7,9-11,18H2,1-2H3. The molecule has 2 rings (SSSR count). The maximum Gasteiger partial charge on any atom is 0.138 e. The van der Waals surface area contributed by atoms with Crippen LogP contribution in [-0.2, 0) is 16.0 Å². The number of benzene rings is 1. The van der Waals surface area contributed by atoms with Crippen molar-refractivity contribution in [3.05, 3.63) is 35.1 Å². The molecule has 2 atom stereocenters. The van der Waals surface area contributed by atoms with Crippen LogP contribution in [0.2, 0.25) is 0 Å². The molecule has 1 aliphatic heterocycles. The van der Waals surface area contributed by atoms with Gasteiger partial charge in [0.15, 0.2) is 0 Å². The first kappa shape index (κ1) is 15.9. The molecular weight excluding hydrogens is 271 g/mol. The Kier molecular flexibility index (Phi) is 5.71. The van der Waals surface area contributed by atoms with Crippen LogP contribution >= 0.6 is 0 Å². The molecule has 2 N–H and O–H groups in total. The summed E-state index contributed by atoms with van der Waals surface area (Å²) in [7, 11) is 3.39. The summed E-state index contributed by atoms with van der Waals surface area (Å²) >= 11 is 0. The first-order valence-corrected chi connectivity index (χ1v) is 6.93. The van der Waals surface area contributed by atoms with Gasteiger partial charge in [-0.25, -0.2) is 4.39 Å². The van der Waals surface area contributed by atoms with E-state index in [2.05, 4.69) is 16.7 Å². The number of nitrogens with zero attached hydrogens (tertiary/aromatic N) is 1. The summed E-state index contributed by atoms with van der Waals surface area (Å²) in [5.41, 5.74) is 6.74. The molecule has 0 radical (unpaired) electrons. The normalized spacial score (nSPS) is 22.1. The molecule has 1 aromatic rings. The van der Waals surface area contributed by atoms with Crippen molar-refractivity contribution in [2.45, 2.75) is 18.8 Å². The fourth-order valence-corrected chi connectivity index (χ4v) is 2.57. The van der Waals surface area contributed by atoms with Crippen LogP contribution in [0, 0.1) is 17.7 Å². The molecule has 0 saturated carbocycles. The van der Waals surface area contributed by atoms with Gasteiger partial charge in [-0.05, 0) is 17.7 Å². The lowest BCUT2D eigenvalue weighted by atomic mass is 10.1. The first-order valence-electron chi connectivity index (χ1n) is 6.93. The minimum Gasteiger partial charge on any atom is -0.377 e. The molecule has 0 aliphatic carbocycles. The third-order valence-electron chi connectivity index (χ3n) is 3.66. The van der Waals surface area contributed by atoms with Crippen molar-refractivity contribution >= 4 is 0 Å². The van der Waals surface area contributed by atoms with Crippen LogP contribution in [0.25, 0.3) is 0 Å². The van der Waals surface area contributed by atoms with E-state index in [0.717, 1.165) is 25.2 Å². The molecule has 1 aromatic carbocycles.